The number of nitrogens with one attached hydrogen (secondary N) is 2. The zero-order chi connectivity index (χ0) is 19.4. The average molecular weight is 373 g/mol. The van der Waals surface area contributed by atoms with Gasteiger partial charge < -0.3 is 15.5 Å². The van der Waals surface area contributed by atoms with Crippen LogP contribution in [0, 0.1) is 12.7 Å². The number of benzene rings is 1. The second kappa shape index (κ2) is 8.30. The minimum Gasteiger partial charge on any atom is -0.324 e. The number of carbonyl (C=O) groups is 2. The maximum atomic E-state index is 13.1. The van der Waals surface area contributed by atoms with E-state index in [-0.39, 0.29) is 17.6 Å². The number of anilines is 1. The third kappa shape index (κ3) is 4.33. The molecule has 0 saturated carbocycles. The molecule has 0 aliphatic carbocycles. The third-order valence-corrected chi connectivity index (χ3v) is 4.55. The summed E-state index contributed by atoms with van der Waals surface area (Å²) in [6.07, 6.45) is 2.67. The van der Waals surface area contributed by atoms with Gasteiger partial charge in [0, 0.05) is 38.1 Å². The molecule has 2 N–H and O–H groups in total. The van der Waals surface area contributed by atoms with Crippen LogP contribution < -0.4 is 10.6 Å². The summed E-state index contributed by atoms with van der Waals surface area (Å²) < 4.78 is 14.8. The van der Waals surface area contributed by atoms with Crippen molar-refractivity contribution in [1.82, 2.24) is 20.0 Å². The predicted octanol–water partition coefficient (Wildman–Crippen LogP) is 1.79. The first kappa shape index (κ1) is 19.0. The van der Waals surface area contributed by atoms with Gasteiger partial charge in [-0.05, 0) is 37.6 Å². The van der Waals surface area contributed by atoms with E-state index in [0.29, 0.717) is 36.6 Å². The summed E-state index contributed by atoms with van der Waals surface area (Å²) in [6.45, 7) is 6.00. The number of hydrogen-bond donors (Lipinski definition) is 2. The van der Waals surface area contributed by atoms with E-state index < -0.39 is 6.04 Å². The van der Waals surface area contributed by atoms with Crippen molar-refractivity contribution in [3.63, 3.8) is 0 Å². The number of hydrogen-bond acceptors (Lipinski definition) is 4. The van der Waals surface area contributed by atoms with Crippen molar-refractivity contribution in [1.29, 1.82) is 0 Å². The van der Waals surface area contributed by atoms with Gasteiger partial charge in [-0.1, -0.05) is 6.92 Å². The first-order chi connectivity index (χ1) is 13.0. The molecule has 1 aliphatic heterocycles. The Morgan fingerprint density at radius 3 is 2.78 bits per heavy atom. The fraction of sp³-hybridized carbons (Fsp3) is 0.421. The van der Waals surface area contributed by atoms with Crippen LogP contribution in [0.2, 0.25) is 0 Å². The number of carbonyl (C=O) groups excluding carboxylic acids is 2. The molecule has 7 nitrogen and oxygen atoms in total. The van der Waals surface area contributed by atoms with Crippen LogP contribution in [0.4, 0.5) is 10.1 Å². The van der Waals surface area contributed by atoms with E-state index in [1.165, 1.54) is 24.3 Å². The fourth-order valence-electron chi connectivity index (χ4n) is 3.17. The van der Waals surface area contributed by atoms with Crippen molar-refractivity contribution in [2.24, 2.45) is 0 Å². The molecule has 8 heteroatoms. The van der Waals surface area contributed by atoms with E-state index in [0.717, 1.165) is 13.0 Å². The number of amides is 2. The number of aryl methyl sites for hydroxylation is 2. The highest BCUT2D eigenvalue weighted by Crippen LogP contribution is 2.16. The first-order valence-corrected chi connectivity index (χ1v) is 9.11. The molecule has 1 aliphatic rings. The molecular weight excluding hydrogens is 349 g/mol. The Labute approximate surface area is 157 Å². The number of halogens is 1. The second-order valence-electron chi connectivity index (χ2n) is 6.61. The molecule has 144 valence electrons. The molecule has 1 atom stereocenters. The van der Waals surface area contributed by atoms with Gasteiger partial charge in [-0.15, -0.1) is 0 Å². The zero-order valence-corrected chi connectivity index (χ0v) is 15.5. The highest BCUT2D eigenvalue weighted by atomic mass is 19.1. The standard InChI is InChI=1S/C19H24FN5O2/c1-3-9-24-12-16(13(2)23-24)19(27)25-10-8-21-11-17(25)18(26)22-15-6-4-14(20)5-7-15/h4-7,12,17,21H,3,8-11H2,1-2H3,(H,22,26)/t17-/m0/s1. The Hall–Kier alpha value is -2.74. The molecule has 0 bridgehead atoms. The van der Waals surface area contributed by atoms with E-state index in [4.69, 9.17) is 0 Å². The van der Waals surface area contributed by atoms with E-state index in [1.54, 1.807) is 22.7 Å². The van der Waals surface area contributed by atoms with Crippen LogP contribution in [0.3, 0.4) is 0 Å². The van der Waals surface area contributed by atoms with Gasteiger partial charge in [0.25, 0.3) is 5.91 Å². The Kier molecular flexibility index (Phi) is 5.85. The van der Waals surface area contributed by atoms with Crippen LogP contribution >= 0.6 is 0 Å². The van der Waals surface area contributed by atoms with Gasteiger partial charge in [-0.3, -0.25) is 14.3 Å². The summed E-state index contributed by atoms with van der Waals surface area (Å²) in [4.78, 5) is 27.4. The first-order valence-electron chi connectivity index (χ1n) is 9.11. The maximum absolute atomic E-state index is 13.1. The topological polar surface area (TPSA) is 79.3 Å². The lowest BCUT2D eigenvalue weighted by Crippen LogP contribution is -2.58. The monoisotopic (exact) mass is 373 g/mol. The summed E-state index contributed by atoms with van der Waals surface area (Å²) in [7, 11) is 0. The van der Waals surface area contributed by atoms with Crippen LogP contribution in [-0.4, -0.2) is 52.2 Å². The average Bonchev–Trinajstić information content (AvgIpc) is 3.03. The van der Waals surface area contributed by atoms with Crippen molar-refractivity contribution in [2.75, 3.05) is 25.0 Å². The lowest BCUT2D eigenvalue weighted by atomic mass is 10.1. The second-order valence-corrected chi connectivity index (χ2v) is 6.61. The Morgan fingerprint density at radius 2 is 2.07 bits per heavy atom. The molecule has 1 aromatic heterocycles. The fourth-order valence-corrected chi connectivity index (χ4v) is 3.17. The highest BCUT2D eigenvalue weighted by molar-refractivity contribution is 6.01. The van der Waals surface area contributed by atoms with Crippen LogP contribution in [0.25, 0.3) is 0 Å². The summed E-state index contributed by atoms with van der Waals surface area (Å²) in [5.74, 6) is -0.875. The van der Waals surface area contributed by atoms with Gasteiger partial charge >= 0.3 is 0 Å². The van der Waals surface area contributed by atoms with Gasteiger partial charge in [0.1, 0.15) is 11.9 Å². The molecule has 2 amide bonds. The Bertz CT molecular complexity index is 818. The van der Waals surface area contributed by atoms with E-state index in [9.17, 15) is 14.0 Å². The quantitative estimate of drug-likeness (QED) is 0.838. The van der Waals surface area contributed by atoms with Gasteiger partial charge in [-0.25, -0.2) is 4.39 Å². The van der Waals surface area contributed by atoms with Gasteiger partial charge in [0.05, 0.1) is 11.3 Å². The molecule has 3 rings (SSSR count). The number of rotatable bonds is 5. The molecule has 1 fully saturated rings. The molecule has 2 aromatic rings. The summed E-state index contributed by atoms with van der Waals surface area (Å²) in [5.41, 5.74) is 1.67. The number of aromatic nitrogens is 2. The van der Waals surface area contributed by atoms with Crippen molar-refractivity contribution in [3.8, 4) is 0 Å². The molecule has 0 unspecified atom stereocenters. The normalized spacial score (nSPS) is 17.0. The van der Waals surface area contributed by atoms with E-state index >= 15 is 0 Å². The lowest BCUT2D eigenvalue weighted by molar-refractivity contribution is -0.121. The van der Waals surface area contributed by atoms with Crippen molar-refractivity contribution in [3.05, 3.63) is 47.5 Å². The molecule has 2 heterocycles. The number of piperazine rings is 1. The maximum Gasteiger partial charge on any atom is 0.258 e. The Balaban J connectivity index is 1.77. The summed E-state index contributed by atoms with van der Waals surface area (Å²) >= 11 is 0. The molecule has 0 spiro atoms. The van der Waals surface area contributed by atoms with Crippen LogP contribution in [0.5, 0.6) is 0 Å². The van der Waals surface area contributed by atoms with Crippen LogP contribution in [-0.2, 0) is 11.3 Å². The van der Waals surface area contributed by atoms with E-state index in [1.807, 2.05) is 6.92 Å². The van der Waals surface area contributed by atoms with Gasteiger partial charge in [-0.2, -0.15) is 5.10 Å². The smallest absolute Gasteiger partial charge is 0.258 e. The zero-order valence-electron chi connectivity index (χ0n) is 15.5. The Morgan fingerprint density at radius 1 is 1.33 bits per heavy atom. The lowest BCUT2D eigenvalue weighted by Gasteiger charge is -2.35. The summed E-state index contributed by atoms with van der Waals surface area (Å²) in [5, 5.41) is 10.3. The van der Waals surface area contributed by atoms with Crippen molar-refractivity contribution < 1.29 is 14.0 Å². The van der Waals surface area contributed by atoms with Crippen molar-refractivity contribution in [2.45, 2.75) is 32.9 Å². The largest absolute Gasteiger partial charge is 0.324 e. The molecule has 1 aromatic carbocycles. The van der Waals surface area contributed by atoms with Crippen LogP contribution in [0.1, 0.15) is 29.4 Å². The van der Waals surface area contributed by atoms with Crippen molar-refractivity contribution >= 4 is 17.5 Å². The predicted molar refractivity (Wildman–Crippen MR) is 100.0 cm³/mol. The molecule has 27 heavy (non-hydrogen) atoms. The highest BCUT2D eigenvalue weighted by Gasteiger charge is 2.34. The minimum absolute atomic E-state index is 0.199. The molecular formula is C19H24FN5O2. The van der Waals surface area contributed by atoms with Crippen LogP contribution in [0.15, 0.2) is 30.5 Å². The third-order valence-electron chi connectivity index (χ3n) is 4.55. The summed E-state index contributed by atoms with van der Waals surface area (Å²) in [6, 6.07) is 4.90. The van der Waals surface area contributed by atoms with E-state index in [2.05, 4.69) is 15.7 Å². The molecule has 0 radical (unpaired) electrons. The van der Waals surface area contributed by atoms with Gasteiger partial charge in [0.2, 0.25) is 5.91 Å². The SMILES string of the molecule is CCCn1cc(C(=O)N2CCNC[C@H]2C(=O)Nc2ccc(F)cc2)c(C)n1. The van der Waals surface area contributed by atoms with Gasteiger partial charge in [0.15, 0.2) is 0 Å². The number of nitrogens with zero attached hydrogens (tertiary/aromatic N) is 3. The minimum atomic E-state index is -0.648. The molecule has 1 saturated heterocycles.